The number of aliphatic hydroxyl groups is 1. The van der Waals surface area contributed by atoms with Gasteiger partial charge in [0, 0.05) is 25.0 Å². The fourth-order valence-electron chi connectivity index (χ4n) is 1.84. The average molecular weight is 214 g/mol. The molecule has 0 bridgehead atoms. The van der Waals surface area contributed by atoms with Crippen molar-refractivity contribution in [1.82, 2.24) is 10.0 Å². The lowest BCUT2D eigenvalue weighted by Crippen LogP contribution is -2.50. The Hall–Kier alpha value is -0.610. The third kappa shape index (κ3) is 3.18. The molecule has 1 saturated heterocycles. The highest BCUT2D eigenvalue weighted by atomic mass is 16.3. The SMILES string of the molecule is CC(O)CCN1C(=O)CCN1C(C)(C)C. The summed E-state index contributed by atoms with van der Waals surface area (Å²) < 4.78 is 0. The van der Waals surface area contributed by atoms with E-state index < -0.39 is 0 Å². The summed E-state index contributed by atoms with van der Waals surface area (Å²) in [6.45, 7) is 9.46. The summed E-state index contributed by atoms with van der Waals surface area (Å²) in [4.78, 5) is 11.6. The Morgan fingerprint density at radius 1 is 1.47 bits per heavy atom. The Bertz CT molecular complexity index is 233. The van der Waals surface area contributed by atoms with Crippen LogP contribution in [-0.4, -0.2) is 45.8 Å². The lowest BCUT2D eigenvalue weighted by molar-refractivity contribution is -0.145. The van der Waals surface area contributed by atoms with E-state index in [4.69, 9.17) is 0 Å². The predicted molar refractivity (Wildman–Crippen MR) is 59.1 cm³/mol. The molecular formula is C11H22N2O2. The van der Waals surface area contributed by atoms with E-state index in [0.717, 1.165) is 6.54 Å². The summed E-state index contributed by atoms with van der Waals surface area (Å²) in [6, 6.07) is 0. The highest BCUT2D eigenvalue weighted by Gasteiger charge is 2.35. The van der Waals surface area contributed by atoms with E-state index >= 15 is 0 Å². The van der Waals surface area contributed by atoms with Crippen LogP contribution in [-0.2, 0) is 4.79 Å². The first-order valence-electron chi connectivity index (χ1n) is 5.58. The van der Waals surface area contributed by atoms with Crippen LogP contribution in [0.2, 0.25) is 0 Å². The van der Waals surface area contributed by atoms with Crippen molar-refractivity contribution in [2.24, 2.45) is 0 Å². The van der Waals surface area contributed by atoms with Crippen molar-refractivity contribution < 1.29 is 9.90 Å². The molecule has 1 atom stereocenters. The summed E-state index contributed by atoms with van der Waals surface area (Å²) in [5, 5.41) is 13.1. The van der Waals surface area contributed by atoms with Crippen molar-refractivity contribution in [1.29, 1.82) is 0 Å². The van der Waals surface area contributed by atoms with Gasteiger partial charge in [-0.2, -0.15) is 0 Å². The largest absolute Gasteiger partial charge is 0.393 e. The lowest BCUT2D eigenvalue weighted by atomic mass is 10.1. The van der Waals surface area contributed by atoms with E-state index in [9.17, 15) is 9.90 Å². The number of carbonyl (C=O) groups is 1. The van der Waals surface area contributed by atoms with Gasteiger partial charge in [0.15, 0.2) is 0 Å². The topological polar surface area (TPSA) is 43.8 Å². The molecule has 0 aromatic rings. The van der Waals surface area contributed by atoms with Crippen LogP contribution >= 0.6 is 0 Å². The zero-order valence-corrected chi connectivity index (χ0v) is 10.2. The van der Waals surface area contributed by atoms with Gasteiger partial charge in [-0.05, 0) is 34.1 Å². The van der Waals surface area contributed by atoms with Crippen molar-refractivity contribution in [3.8, 4) is 0 Å². The molecule has 1 aliphatic heterocycles. The Morgan fingerprint density at radius 3 is 2.53 bits per heavy atom. The minimum absolute atomic E-state index is 0.0230. The number of hydrazine groups is 1. The molecule has 1 rings (SSSR count). The first kappa shape index (κ1) is 12.5. The van der Waals surface area contributed by atoms with Crippen molar-refractivity contribution >= 4 is 5.91 Å². The minimum Gasteiger partial charge on any atom is -0.393 e. The molecular weight excluding hydrogens is 192 g/mol. The van der Waals surface area contributed by atoms with Crippen molar-refractivity contribution in [2.75, 3.05) is 13.1 Å². The fraction of sp³-hybridized carbons (Fsp3) is 0.909. The van der Waals surface area contributed by atoms with Gasteiger partial charge >= 0.3 is 0 Å². The van der Waals surface area contributed by atoms with Gasteiger partial charge in [-0.15, -0.1) is 0 Å². The van der Waals surface area contributed by atoms with E-state index in [2.05, 4.69) is 25.8 Å². The van der Waals surface area contributed by atoms with Crippen molar-refractivity contribution in [2.45, 2.75) is 52.2 Å². The van der Waals surface area contributed by atoms with Gasteiger partial charge < -0.3 is 5.11 Å². The van der Waals surface area contributed by atoms with E-state index in [-0.39, 0.29) is 17.6 Å². The van der Waals surface area contributed by atoms with Gasteiger partial charge in [0.1, 0.15) is 0 Å². The van der Waals surface area contributed by atoms with E-state index in [1.807, 2.05) is 0 Å². The number of nitrogens with zero attached hydrogens (tertiary/aromatic N) is 2. The Labute approximate surface area is 91.8 Å². The maximum atomic E-state index is 11.6. The van der Waals surface area contributed by atoms with Crippen LogP contribution in [0.15, 0.2) is 0 Å². The van der Waals surface area contributed by atoms with Gasteiger partial charge in [0.25, 0.3) is 0 Å². The van der Waals surface area contributed by atoms with Crippen LogP contribution in [0.1, 0.15) is 40.5 Å². The first-order chi connectivity index (χ1) is 6.82. The molecule has 1 amide bonds. The summed E-state index contributed by atoms with van der Waals surface area (Å²) in [5.41, 5.74) is -0.0230. The molecule has 1 heterocycles. The maximum Gasteiger partial charge on any atom is 0.238 e. The quantitative estimate of drug-likeness (QED) is 0.762. The number of hydrogen-bond acceptors (Lipinski definition) is 3. The molecule has 4 nitrogen and oxygen atoms in total. The van der Waals surface area contributed by atoms with Gasteiger partial charge in [-0.1, -0.05) is 0 Å². The third-order valence-corrected chi connectivity index (χ3v) is 2.65. The highest BCUT2D eigenvalue weighted by molar-refractivity contribution is 5.77. The zero-order chi connectivity index (χ0) is 11.6. The lowest BCUT2D eigenvalue weighted by Gasteiger charge is -2.38. The van der Waals surface area contributed by atoms with Crippen LogP contribution in [0.4, 0.5) is 0 Å². The molecule has 0 aromatic heterocycles. The second-order valence-electron chi connectivity index (χ2n) is 5.20. The second-order valence-corrected chi connectivity index (χ2v) is 5.20. The molecule has 1 unspecified atom stereocenters. The number of amides is 1. The standard InChI is InChI=1S/C11H22N2O2/c1-9(14)5-7-12-10(15)6-8-13(12)11(2,3)4/h9,14H,5-8H2,1-4H3. The molecule has 1 aliphatic rings. The molecule has 1 N–H and O–H groups in total. The van der Waals surface area contributed by atoms with Crippen molar-refractivity contribution in [3.05, 3.63) is 0 Å². The molecule has 1 fully saturated rings. The van der Waals surface area contributed by atoms with Crippen molar-refractivity contribution in [3.63, 3.8) is 0 Å². The summed E-state index contributed by atoms with van der Waals surface area (Å²) in [6.07, 6.45) is 0.885. The molecule has 4 heteroatoms. The predicted octanol–water partition coefficient (Wildman–Crippen LogP) is 1.01. The molecule has 0 aromatic carbocycles. The normalized spacial score (nSPS) is 21.1. The third-order valence-electron chi connectivity index (χ3n) is 2.65. The van der Waals surface area contributed by atoms with Crippen LogP contribution in [0.5, 0.6) is 0 Å². The second kappa shape index (κ2) is 4.49. The van der Waals surface area contributed by atoms with Crippen LogP contribution in [0.3, 0.4) is 0 Å². The van der Waals surface area contributed by atoms with E-state index in [1.54, 1.807) is 11.9 Å². The van der Waals surface area contributed by atoms with Crippen LogP contribution in [0, 0.1) is 0 Å². The van der Waals surface area contributed by atoms with Gasteiger partial charge in [-0.3, -0.25) is 9.80 Å². The highest BCUT2D eigenvalue weighted by Crippen LogP contribution is 2.23. The summed E-state index contributed by atoms with van der Waals surface area (Å²) in [7, 11) is 0. The first-order valence-corrected chi connectivity index (χ1v) is 5.58. The molecule has 0 spiro atoms. The van der Waals surface area contributed by atoms with E-state index in [0.29, 0.717) is 19.4 Å². The molecule has 15 heavy (non-hydrogen) atoms. The molecule has 0 saturated carbocycles. The average Bonchev–Trinajstić information content (AvgIpc) is 2.42. The monoisotopic (exact) mass is 214 g/mol. The van der Waals surface area contributed by atoms with Crippen LogP contribution in [0.25, 0.3) is 0 Å². The summed E-state index contributed by atoms with van der Waals surface area (Å²) >= 11 is 0. The number of carbonyl (C=O) groups excluding carboxylic acids is 1. The zero-order valence-electron chi connectivity index (χ0n) is 10.2. The van der Waals surface area contributed by atoms with Gasteiger partial charge in [0.05, 0.1) is 6.10 Å². The van der Waals surface area contributed by atoms with E-state index in [1.165, 1.54) is 0 Å². The molecule has 0 radical (unpaired) electrons. The minimum atomic E-state index is -0.347. The number of hydrogen-bond donors (Lipinski definition) is 1. The number of rotatable bonds is 3. The Balaban J connectivity index is 2.61. The maximum absolute atomic E-state index is 11.6. The van der Waals surface area contributed by atoms with Gasteiger partial charge in [0.2, 0.25) is 5.91 Å². The molecule has 88 valence electrons. The Kier molecular flexibility index (Phi) is 3.73. The number of aliphatic hydroxyl groups excluding tert-OH is 1. The van der Waals surface area contributed by atoms with Gasteiger partial charge in [-0.25, -0.2) is 5.01 Å². The van der Waals surface area contributed by atoms with Crippen LogP contribution < -0.4 is 0 Å². The fourth-order valence-corrected chi connectivity index (χ4v) is 1.84. The Morgan fingerprint density at radius 2 is 2.07 bits per heavy atom. The summed E-state index contributed by atoms with van der Waals surface area (Å²) in [5.74, 6) is 0.172. The smallest absolute Gasteiger partial charge is 0.238 e. The molecule has 0 aliphatic carbocycles.